The molecule has 9 nitrogen and oxygen atoms in total. The Morgan fingerprint density at radius 3 is 2.15 bits per heavy atom. The topological polar surface area (TPSA) is 133 Å². The molecular weight excluding hydrogens is 444 g/mol. The maximum absolute atomic E-state index is 13.6. The molecule has 4 rings (SSSR count). The van der Waals surface area contributed by atoms with Gasteiger partial charge in [-0.1, -0.05) is 0 Å². The van der Waals surface area contributed by atoms with Crippen LogP contribution in [0.1, 0.15) is 67.2 Å². The van der Waals surface area contributed by atoms with E-state index >= 15 is 0 Å². The average molecular weight is 479 g/mol. The number of aldehydes is 1. The smallest absolute Gasteiger partial charge is 0.313 e. The predicted octanol–water partition coefficient (Wildman–Crippen LogP) is 1.76. The number of hydrogen-bond donors (Lipinski definition) is 1. The molecule has 8 atom stereocenters. The van der Waals surface area contributed by atoms with Crippen molar-refractivity contribution in [2.45, 2.75) is 91.8 Å². The van der Waals surface area contributed by atoms with Crippen molar-refractivity contribution >= 4 is 29.8 Å². The number of aliphatic hydroxyl groups is 1. The van der Waals surface area contributed by atoms with E-state index in [4.69, 9.17) is 14.2 Å². The number of ether oxygens (including phenoxy) is 3. The van der Waals surface area contributed by atoms with Crippen molar-refractivity contribution in [3.63, 3.8) is 0 Å². The highest BCUT2D eigenvalue weighted by Gasteiger charge is 2.79. The number of carbonyl (C=O) groups is 5. The molecule has 1 saturated heterocycles. The van der Waals surface area contributed by atoms with Crippen molar-refractivity contribution in [2.24, 2.45) is 33.5 Å². The first kappa shape index (κ1) is 25.0. The summed E-state index contributed by atoms with van der Waals surface area (Å²) in [6.45, 7) is 10.0. The Hall–Kier alpha value is -2.13. The number of esters is 2. The summed E-state index contributed by atoms with van der Waals surface area (Å²) in [7, 11) is 0. The second kappa shape index (κ2) is 7.68. The predicted molar refractivity (Wildman–Crippen MR) is 116 cm³/mol. The van der Waals surface area contributed by atoms with Crippen LogP contribution in [-0.2, 0) is 38.2 Å². The molecule has 1 aliphatic heterocycles. The Kier molecular flexibility index (Phi) is 5.64. The minimum atomic E-state index is -1.55. The zero-order valence-corrected chi connectivity index (χ0v) is 20.6. The van der Waals surface area contributed by atoms with E-state index in [2.05, 4.69) is 0 Å². The summed E-state index contributed by atoms with van der Waals surface area (Å²) in [6.07, 6.45) is -4.07. The van der Waals surface area contributed by atoms with E-state index in [9.17, 15) is 29.1 Å². The minimum Gasteiger partial charge on any atom is -0.461 e. The fraction of sp³-hybridized carbons (Fsp3) is 0.800. The van der Waals surface area contributed by atoms with E-state index in [0.717, 1.165) is 0 Å². The molecule has 3 saturated carbocycles. The van der Waals surface area contributed by atoms with Gasteiger partial charge in [-0.05, 0) is 48.0 Å². The second-order valence-corrected chi connectivity index (χ2v) is 12.5. The summed E-state index contributed by atoms with van der Waals surface area (Å²) in [4.78, 5) is 64.3. The maximum atomic E-state index is 13.6. The van der Waals surface area contributed by atoms with Gasteiger partial charge in [-0.15, -0.1) is 0 Å². The maximum Gasteiger partial charge on any atom is 0.313 e. The van der Waals surface area contributed by atoms with E-state index in [1.165, 1.54) is 0 Å². The van der Waals surface area contributed by atoms with Crippen LogP contribution in [0.3, 0.4) is 0 Å². The Balaban J connectivity index is 1.85. The van der Waals surface area contributed by atoms with E-state index < -0.39 is 70.0 Å². The third kappa shape index (κ3) is 3.46. The van der Waals surface area contributed by atoms with Gasteiger partial charge in [-0.2, -0.15) is 0 Å². The molecule has 0 aromatic carbocycles. The normalized spacial score (nSPS) is 41.5. The lowest BCUT2D eigenvalue weighted by Gasteiger charge is -2.56. The van der Waals surface area contributed by atoms with Gasteiger partial charge in [0.25, 0.3) is 0 Å². The summed E-state index contributed by atoms with van der Waals surface area (Å²) in [5, 5.41) is 11.0. The minimum absolute atomic E-state index is 0.0100. The Labute approximate surface area is 198 Å². The van der Waals surface area contributed by atoms with Gasteiger partial charge in [0.15, 0.2) is 5.78 Å². The molecule has 0 amide bonds. The molecule has 3 aliphatic carbocycles. The molecule has 4 fully saturated rings. The van der Waals surface area contributed by atoms with Crippen LogP contribution in [0.15, 0.2) is 0 Å². The molecule has 1 N–H and O–H groups in total. The lowest BCUT2D eigenvalue weighted by atomic mass is 9.48. The van der Waals surface area contributed by atoms with Crippen molar-refractivity contribution in [3.05, 3.63) is 0 Å². The summed E-state index contributed by atoms with van der Waals surface area (Å²) >= 11 is 0. The first-order chi connectivity index (χ1) is 15.6. The molecule has 4 aliphatic rings. The number of hydrogen-bond acceptors (Lipinski definition) is 9. The average Bonchev–Trinajstić information content (AvgIpc) is 3.15. The third-order valence-corrected chi connectivity index (χ3v) is 7.96. The van der Waals surface area contributed by atoms with Crippen LogP contribution in [-0.4, -0.2) is 59.5 Å². The van der Waals surface area contributed by atoms with Gasteiger partial charge in [0.05, 0.1) is 23.0 Å². The quantitative estimate of drug-likeness (QED) is 0.476. The molecule has 0 spiro atoms. The van der Waals surface area contributed by atoms with E-state index in [0.29, 0.717) is 6.29 Å². The highest BCUT2D eigenvalue weighted by molar-refractivity contribution is 5.93. The molecule has 0 unspecified atom stereocenters. The van der Waals surface area contributed by atoms with E-state index in [-0.39, 0.29) is 37.2 Å². The summed E-state index contributed by atoms with van der Waals surface area (Å²) < 4.78 is 17.7. The summed E-state index contributed by atoms with van der Waals surface area (Å²) in [6, 6.07) is 0. The molecular formula is C25H34O9. The van der Waals surface area contributed by atoms with Crippen molar-refractivity contribution in [1.82, 2.24) is 0 Å². The van der Waals surface area contributed by atoms with Crippen molar-refractivity contribution in [3.8, 4) is 0 Å². The number of aliphatic hydroxyl groups excluding tert-OH is 1. The fourth-order valence-electron chi connectivity index (χ4n) is 6.38. The molecule has 0 aromatic rings. The van der Waals surface area contributed by atoms with E-state index in [1.807, 2.05) is 0 Å². The Morgan fingerprint density at radius 1 is 1.00 bits per heavy atom. The third-order valence-electron chi connectivity index (χ3n) is 7.96. The SMILES string of the molecule is CC(C)(C)C(=O)O[C@@H]1O[C@@H]2CC(=O)[C@@]13[C@@H]2[C@@H]1[C@H](O)CC(=O)C[C@]1(C=O)C[C@@H]3OC(=O)C(C)(C)C. The first-order valence-electron chi connectivity index (χ1n) is 11.8. The molecule has 0 radical (unpaired) electrons. The number of Topliss-reactive ketones (excluding diaryl/α,β-unsaturated/α-hetero) is 2. The Morgan fingerprint density at radius 2 is 1.59 bits per heavy atom. The van der Waals surface area contributed by atoms with Gasteiger partial charge in [-0.3, -0.25) is 19.2 Å². The molecule has 9 heteroatoms. The van der Waals surface area contributed by atoms with Crippen LogP contribution < -0.4 is 0 Å². The summed E-state index contributed by atoms with van der Waals surface area (Å²) in [5.74, 6) is -3.22. The fourth-order valence-corrected chi connectivity index (χ4v) is 6.38. The van der Waals surface area contributed by atoms with Crippen LogP contribution in [0.5, 0.6) is 0 Å². The number of ketones is 2. The highest BCUT2D eigenvalue weighted by atomic mass is 16.7. The van der Waals surface area contributed by atoms with Gasteiger partial charge < -0.3 is 24.1 Å². The van der Waals surface area contributed by atoms with Crippen LogP contribution in [0.4, 0.5) is 0 Å². The molecule has 0 aromatic heterocycles. The monoisotopic (exact) mass is 478 g/mol. The largest absolute Gasteiger partial charge is 0.461 e. The van der Waals surface area contributed by atoms with Crippen LogP contribution in [0.2, 0.25) is 0 Å². The van der Waals surface area contributed by atoms with Crippen molar-refractivity contribution in [1.29, 1.82) is 0 Å². The van der Waals surface area contributed by atoms with Gasteiger partial charge in [0, 0.05) is 36.5 Å². The van der Waals surface area contributed by atoms with Gasteiger partial charge in [-0.25, -0.2) is 0 Å². The highest BCUT2D eigenvalue weighted by Crippen LogP contribution is 2.68. The van der Waals surface area contributed by atoms with Crippen molar-refractivity contribution < 1.29 is 43.3 Å². The number of fused-ring (bicyclic) bond motifs is 1. The zero-order chi connectivity index (χ0) is 25.4. The van der Waals surface area contributed by atoms with Crippen molar-refractivity contribution in [2.75, 3.05) is 0 Å². The molecule has 1 heterocycles. The summed E-state index contributed by atoms with van der Waals surface area (Å²) in [5.41, 5.74) is -4.64. The lowest BCUT2D eigenvalue weighted by molar-refractivity contribution is -0.236. The molecule has 188 valence electrons. The van der Waals surface area contributed by atoms with Gasteiger partial charge in [0.1, 0.15) is 23.6 Å². The molecule has 2 bridgehead atoms. The van der Waals surface area contributed by atoms with Gasteiger partial charge in [0.2, 0.25) is 6.29 Å². The number of carbonyl (C=O) groups excluding carboxylic acids is 5. The molecule has 34 heavy (non-hydrogen) atoms. The van der Waals surface area contributed by atoms with Gasteiger partial charge >= 0.3 is 11.9 Å². The number of rotatable bonds is 3. The van der Waals surface area contributed by atoms with Crippen LogP contribution in [0, 0.1) is 33.5 Å². The van der Waals surface area contributed by atoms with Crippen LogP contribution in [0.25, 0.3) is 0 Å². The zero-order valence-electron chi connectivity index (χ0n) is 20.6. The standard InChI is InChI=1S/C25H34O9/c1-22(2,3)19(30)33-16-10-24(11-26)9-12(27)7-13(28)17(24)18-14-8-15(29)25(16,18)21(32-14)34-20(31)23(4,5)6/h11,13-14,16-18,21,28H,7-10H2,1-6H3/t13-,14-,16+,17+,18+,21+,24-,25-/m1/s1. The second-order valence-electron chi connectivity index (χ2n) is 12.5. The lowest BCUT2D eigenvalue weighted by Crippen LogP contribution is -2.66. The van der Waals surface area contributed by atoms with E-state index in [1.54, 1.807) is 41.5 Å². The Bertz CT molecular complexity index is 941. The first-order valence-corrected chi connectivity index (χ1v) is 11.8. The van der Waals surface area contributed by atoms with Crippen LogP contribution >= 0.6 is 0 Å².